The highest BCUT2D eigenvalue weighted by Gasteiger charge is 2.37. The van der Waals surface area contributed by atoms with Crippen LogP contribution < -0.4 is 0 Å². The van der Waals surface area contributed by atoms with Gasteiger partial charge in [0.2, 0.25) is 0 Å². The minimum atomic E-state index is -5.03. The van der Waals surface area contributed by atoms with E-state index in [1.165, 1.54) is 0 Å². The Hall–Kier alpha value is -1.32. The van der Waals surface area contributed by atoms with Crippen LogP contribution in [0.15, 0.2) is 51.4 Å². The number of phosphoric acid groups is 4. The SMILES string of the molecule is C=COP(=O)(O)ON(CCN(OP(=O)(O)OC=C)OP(=O)(O)OC=C)OP(=O)(O)OC=C. The maximum atomic E-state index is 11.7. The van der Waals surface area contributed by atoms with Crippen molar-refractivity contribution in [2.45, 2.75) is 0 Å². The Morgan fingerprint density at radius 1 is 0.531 bits per heavy atom. The van der Waals surface area contributed by atoms with Crippen LogP contribution in [-0.4, -0.2) is 43.1 Å². The van der Waals surface area contributed by atoms with Gasteiger partial charge in [0.25, 0.3) is 0 Å². The number of phosphoric ester groups is 4. The molecule has 32 heavy (non-hydrogen) atoms. The van der Waals surface area contributed by atoms with Gasteiger partial charge in [0.05, 0.1) is 38.1 Å². The molecule has 0 aromatic carbocycles. The molecule has 0 rings (SSSR count). The molecule has 186 valence electrons. The Kier molecular flexibility index (Phi) is 12.8. The maximum absolute atomic E-state index is 11.7. The van der Waals surface area contributed by atoms with Gasteiger partial charge in [-0.3, -0.25) is 19.6 Å². The Bertz CT molecular complexity index is 717. The molecular weight excluding hydrogens is 528 g/mol. The van der Waals surface area contributed by atoms with Gasteiger partial charge in [0, 0.05) is 0 Å². The summed E-state index contributed by atoms with van der Waals surface area (Å²) in [4.78, 5) is 37.9. The van der Waals surface area contributed by atoms with Crippen LogP contribution in [0, 0.1) is 0 Å². The highest BCUT2D eigenvalue weighted by Crippen LogP contribution is 2.51. The monoisotopic (exact) mass is 548 g/mol. The Morgan fingerprint density at radius 2 is 0.719 bits per heavy atom. The van der Waals surface area contributed by atoms with E-state index in [1.807, 2.05) is 0 Å². The van der Waals surface area contributed by atoms with Gasteiger partial charge in [-0.25, -0.2) is 18.3 Å². The fourth-order valence-electron chi connectivity index (χ4n) is 1.27. The van der Waals surface area contributed by atoms with Gasteiger partial charge in [-0.05, 0) is 10.5 Å². The number of nitrogens with zero attached hydrogens (tertiary/aromatic N) is 2. The summed E-state index contributed by atoms with van der Waals surface area (Å²) in [6, 6.07) is 0. The largest absolute Gasteiger partial charge is 0.545 e. The van der Waals surface area contributed by atoms with Crippen molar-refractivity contribution >= 4 is 31.3 Å². The summed E-state index contributed by atoms with van der Waals surface area (Å²) < 4.78 is 80.9. The summed E-state index contributed by atoms with van der Waals surface area (Å²) in [5, 5.41) is -0.358. The molecule has 18 nitrogen and oxygen atoms in total. The average Bonchev–Trinajstić information content (AvgIpc) is 2.57. The number of hydrogen-bond acceptors (Lipinski definition) is 14. The van der Waals surface area contributed by atoms with Gasteiger partial charge in [-0.15, -0.1) is 0 Å². The van der Waals surface area contributed by atoms with E-state index in [1.54, 1.807) is 0 Å². The second-order valence-electron chi connectivity index (χ2n) is 4.40. The lowest BCUT2D eigenvalue weighted by Crippen LogP contribution is -2.34. The third-order valence-electron chi connectivity index (χ3n) is 2.07. The minimum Gasteiger partial charge on any atom is -0.412 e. The molecular formula is C10H20N2O16P4. The number of hydrogen-bond donors (Lipinski definition) is 4. The molecule has 0 aromatic heterocycles. The molecule has 0 aliphatic heterocycles. The quantitative estimate of drug-likeness (QED) is 0.103. The predicted molar refractivity (Wildman–Crippen MR) is 102 cm³/mol. The number of hydroxylamine groups is 4. The fourth-order valence-corrected chi connectivity index (χ4v) is 3.66. The fraction of sp³-hybridized carbons (Fsp3) is 0.200. The van der Waals surface area contributed by atoms with E-state index in [0.29, 0.717) is 25.0 Å². The van der Waals surface area contributed by atoms with E-state index in [4.69, 9.17) is 0 Å². The molecule has 0 bridgehead atoms. The average molecular weight is 548 g/mol. The molecule has 0 amide bonds. The minimum absolute atomic E-state index is 0.179. The van der Waals surface area contributed by atoms with Crippen LogP contribution in [0.4, 0.5) is 0 Å². The van der Waals surface area contributed by atoms with E-state index in [9.17, 15) is 37.8 Å². The Morgan fingerprint density at radius 3 is 0.875 bits per heavy atom. The lowest BCUT2D eigenvalue weighted by Gasteiger charge is -2.26. The van der Waals surface area contributed by atoms with Crippen LogP contribution in [0.1, 0.15) is 0 Å². The number of rotatable bonds is 19. The second kappa shape index (κ2) is 13.4. The first-order valence-electron chi connectivity index (χ1n) is 7.43. The van der Waals surface area contributed by atoms with E-state index >= 15 is 0 Å². The molecule has 0 aromatic rings. The predicted octanol–water partition coefficient (Wildman–Crippen LogP) is 2.36. The molecule has 0 saturated carbocycles. The zero-order chi connectivity index (χ0) is 25.1. The standard InChI is InChI=1S/C10H20N2O16P4/c1-5-21-29(13,14)25-11(26-30(15,16)22-6-2)9-10-12(27-31(17,18)23-7-3)28-32(19,20)24-8-4/h5-8H,1-4,9-10H2,(H,13,14)(H,15,16)(H,17,18)(H,19,20). The smallest absolute Gasteiger partial charge is 0.412 e. The molecule has 4 unspecified atom stereocenters. The van der Waals surface area contributed by atoms with Crippen LogP contribution in [0.25, 0.3) is 0 Å². The molecule has 0 spiro atoms. The van der Waals surface area contributed by atoms with Gasteiger partial charge in [0.1, 0.15) is 0 Å². The molecule has 0 heterocycles. The molecule has 0 radical (unpaired) electrons. The third kappa shape index (κ3) is 14.0. The highest BCUT2D eigenvalue weighted by molar-refractivity contribution is 7.48. The van der Waals surface area contributed by atoms with Crippen molar-refractivity contribution in [3.05, 3.63) is 51.4 Å². The second-order valence-corrected chi connectivity index (χ2v) is 9.65. The van der Waals surface area contributed by atoms with Crippen molar-refractivity contribution in [3.8, 4) is 0 Å². The van der Waals surface area contributed by atoms with E-state index in [2.05, 4.69) is 62.9 Å². The van der Waals surface area contributed by atoms with Crippen molar-refractivity contribution in [1.82, 2.24) is 10.5 Å². The summed E-state index contributed by atoms with van der Waals surface area (Å²) in [6.07, 6.45) is 1.94. The summed E-state index contributed by atoms with van der Waals surface area (Å²) in [5.41, 5.74) is 0. The molecule has 22 heteroatoms. The summed E-state index contributed by atoms with van der Waals surface area (Å²) >= 11 is 0. The van der Waals surface area contributed by atoms with Gasteiger partial charge < -0.3 is 18.1 Å². The molecule has 0 aliphatic rings. The first-order chi connectivity index (χ1) is 14.6. The summed E-state index contributed by atoms with van der Waals surface area (Å²) in [5.74, 6) is 0. The zero-order valence-corrected chi connectivity index (χ0v) is 19.5. The molecule has 0 aliphatic carbocycles. The summed E-state index contributed by atoms with van der Waals surface area (Å²) in [6.45, 7) is 9.97. The van der Waals surface area contributed by atoms with Gasteiger partial charge in [0.15, 0.2) is 0 Å². The highest BCUT2D eigenvalue weighted by atomic mass is 31.2. The van der Waals surface area contributed by atoms with Gasteiger partial charge >= 0.3 is 31.3 Å². The van der Waals surface area contributed by atoms with Crippen molar-refractivity contribution in [1.29, 1.82) is 0 Å². The Labute approximate surface area is 181 Å². The normalized spacial score (nSPS) is 18.8. The first-order valence-corrected chi connectivity index (χ1v) is 13.4. The van der Waals surface area contributed by atoms with E-state index < -0.39 is 44.4 Å². The van der Waals surface area contributed by atoms with Crippen molar-refractivity contribution in [3.63, 3.8) is 0 Å². The van der Waals surface area contributed by atoms with Crippen LogP contribution in [0.3, 0.4) is 0 Å². The van der Waals surface area contributed by atoms with Crippen LogP contribution in [0.2, 0.25) is 0 Å². The van der Waals surface area contributed by atoms with Gasteiger partial charge in [-0.2, -0.15) is 18.5 Å². The van der Waals surface area contributed by atoms with E-state index in [0.717, 1.165) is 0 Å². The third-order valence-corrected chi connectivity index (χ3v) is 5.29. The molecule has 0 saturated heterocycles. The summed E-state index contributed by atoms with van der Waals surface area (Å²) in [7, 11) is -20.1. The topological polar surface area (TPSA) is 230 Å². The zero-order valence-electron chi connectivity index (χ0n) is 15.9. The van der Waals surface area contributed by atoms with Crippen LogP contribution in [-0.2, 0) is 54.9 Å². The lowest BCUT2D eigenvalue weighted by atomic mass is 10.7. The molecule has 4 atom stereocenters. The van der Waals surface area contributed by atoms with Crippen molar-refractivity contribution in [2.75, 3.05) is 13.1 Å². The lowest BCUT2D eigenvalue weighted by molar-refractivity contribution is -0.313. The van der Waals surface area contributed by atoms with Crippen molar-refractivity contribution < 1.29 is 74.4 Å². The maximum Gasteiger partial charge on any atom is 0.545 e. The van der Waals surface area contributed by atoms with Crippen LogP contribution >= 0.6 is 31.3 Å². The molecule has 4 N–H and O–H groups in total. The van der Waals surface area contributed by atoms with E-state index in [-0.39, 0.29) is 10.5 Å². The first kappa shape index (κ1) is 30.7. The van der Waals surface area contributed by atoms with Crippen LogP contribution in [0.5, 0.6) is 0 Å². The Balaban J connectivity index is 5.68. The van der Waals surface area contributed by atoms with Crippen molar-refractivity contribution in [2.24, 2.45) is 0 Å². The molecule has 0 fully saturated rings. The van der Waals surface area contributed by atoms with Gasteiger partial charge in [-0.1, -0.05) is 26.3 Å².